The minimum Gasteiger partial charge on any atom is -0.298 e. The second-order valence-corrected chi connectivity index (χ2v) is 6.75. The van der Waals surface area contributed by atoms with Crippen molar-refractivity contribution in [3.05, 3.63) is 70.6 Å². The van der Waals surface area contributed by atoms with Crippen LogP contribution in [0, 0.1) is 11.6 Å². The predicted molar refractivity (Wildman–Crippen MR) is 96.0 cm³/mol. The zero-order valence-corrected chi connectivity index (χ0v) is 14.5. The molecule has 6 heteroatoms. The number of thiazole rings is 1. The molecule has 0 unspecified atom stereocenters. The molecule has 0 saturated heterocycles. The summed E-state index contributed by atoms with van der Waals surface area (Å²) in [5, 5.41) is 4.68. The van der Waals surface area contributed by atoms with Crippen LogP contribution in [0.15, 0.2) is 47.8 Å². The number of hydrogen-bond acceptors (Lipinski definition) is 3. The number of nitrogens with zero attached hydrogens (tertiary/aromatic N) is 1. The molecule has 3 nitrogen and oxygen atoms in total. The van der Waals surface area contributed by atoms with Gasteiger partial charge in [0.1, 0.15) is 11.6 Å². The van der Waals surface area contributed by atoms with E-state index in [1.54, 1.807) is 17.5 Å². The van der Waals surface area contributed by atoms with Gasteiger partial charge < -0.3 is 0 Å². The van der Waals surface area contributed by atoms with Gasteiger partial charge in [-0.25, -0.2) is 13.8 Å². The Bertz CT molecular complexity index is 904. The first kappa shape index (κ1) is 17.2. The van der Waals surface area contributed by atoms with Crippen LogP contribution in [0.2, 0.25) is 0 Å². The number of rotatable bonds is 4. The van der Waals surface area contributed by atoms with Crippen LogP contribution in [0.25, 0.3) is 11.3 Å². The number of aromatic nitrogens is 1. The molecule has 0 spiro atoms. The second-order valence-electron chi connectivity index (χ2n) is 5.89. The standard InChI is InChI=1S/C19H16F2N2OS/c1-11(2)12-3-5-13(6-4-12)18(24)23-19-22-17(10-25-19)15-8-7-14(20)9-16(15)21/h3-11H,1-2H3,(H,22,23,24). The van der Waals surface area contributed by atoms with Crippen molar-refractivity contribution in [2.45, 2.75) is 19.8 Å². The zero-order chi connectivity index (χ0) is 18.0. The predicted octanol–water partition coefficient (Wildman–Crippen LogP) is 5.46. The van der Waals surface area contributed by atoms with E-state index >= 15 is 0 Å². The number of benzene rings is 2. The smallest absolute Gasteiger partial charge is 0.257 e. The second kappa shape index (κ2) is 7.11. The summed E-state index contributed by atoms with van der Waals surface area (Å²) in [5.74, 6) is -1.22. The topological polar surface area (TPSA) is 42.0 Å². The van der Waals surface area contributed by atoms with Crippen molar-refractivity contribution < 1.29 is 13.6 Å². The Morgan fingerprint density at radius 1 is 1.12 bits per heavy atom. The van der Waals surface area contributed by atoms with Gasteiger partial charge in [0.2, 0.25) is 0 Å². The summed E-state index contributed by atoms with van der Waals surface area (Å²) < 4.78 is 26.8. The number of anilines is 1. The van der Waals surface area contributed by atoms with Crippen LogP contribution in [0.3, 0.4) is 0 Å². The van der Waals surface area contributed by atoms with Gasteiger partial charge in [-0.1, -0.05) is 26.0 Å². The van der Waals surface area contributed by atoms with E-state index in [2.05, 4.69) is 24.1 Å². The third-order valence-electron chi connectivity index (χ3n) is 3.77. The maximum Gasteiger partial charge on any atom is 0.257 e. The van der Waals surface area contributed by atoms with Crippen LogP contribution in [0.5, 0.6) is 0 Å². The number of carbonyl (C=O) groups is 1. The molecular weight excluding hydrogens is 342 g/mol. The summed E-state index contributed by atoms with van der Waals surface area (Å²) in [6.45, 7) is 4.17. The molecule has 25 heavy (non-hydrogen) atoms. The first-order valence-corrected chi connectivity index (χ1v) is 8.64. The van der Waals surface area contributed by atoms with E-state index < -0.39 is 11.6 Å². The summed E-state index contributed by atoms with van der Waals surface area (Å²) in [5.41, 5.74) is 2.22. The minimum absolute atomic E-state index is 0.194. The fourth-order valence-electron chi connectivity index (χ4n) is 2.34. The van der Waals surface area contributed by atoms with Gasteiger partial charge >= 0.3 is 0 Å². The molecule has 1 amide bonds. The summed E-state index contributed by atoms with van der Waals surface area (Å²) in [7, 11) is 0. The molecule has 0 atom stereocenters. The highest BCUT2D eigenvalue weighted by molar-refractivity contribution is 7.14. The lowest BCUT2D eigenvalue weighted by Gasteiger charge is -2.06. The van der Waals surface area contributed by atoms with Crippen LogP contribution in [-0.2, 0) is 0 Å². The van der Waals surface area contributed by atoms with Gasteiger partial charge in [0.15, 0.2) is 5.13 Å². The molecular formula is C19H16F2N2OS. The molecule has 128 valence electrons. The third kappa shape index (κ3) is 3.91. The molecule has 1 N–H and O–H groups in total. The Morgan fingerprint density at radius 2 is 1.84 bits per heavy atom. The van der Waals surface area contributed by atoms with Gasteiger partial charge in [-0.2, -0.15) is 0 Å². The lowest BCUT2D eigenvalue weighted by molar-refractivity contribution is 0.102. The maximum absolute atomic E-state index is 13.8. The highest BCUT2D eigenvalue weighted by Crippen LogP contribution is 2.27. The quantitative estimate of drug-likeness (QED) is 0.672. The molecule has 0 aliphatic carbocycles. The highest BCUT2D eigenvalue weighted by atomic mass is 32.1. The van der Waals surface area contributed by atoms with Gasteiger partial charge in [-0.3, -0.25) is 10.1 Å². The molecule has 3 rings (SSSR count). The SMILES string of the molecule is CC(C)c1ccc(C(=O)Nc2nc(-c3ccc(F)cc3F)cs2)cc1. The molecule has 2 aromatic carbocycles. The van der Waals surface area contributed by atoms with Gasteiger partial charge in [0, 0.05) is 22.6 Å². The van der Waals surface area contributed by atoms with Gasteiger partial charge in [-0.05, 0) is 35.7 Å². The largest absolute Gasteiger partial charge is 0.298 e. The van der Waals surface area contributed by atoms with E-state index in [0.717, 1.165) is 11.6 Å². The lowest BCUT2D eigenvalue weighted by atomic mass is 10.0. The summed E-state index contributed by atoms with van der Waals surface area (Å²) in [6, 6.07) is 10.7. The Balaban J connectivity index is 1.75. The molecule has 0 aliphatic rings. The number of halogens is 2. The summed E-state index contributed by atoms with van der Waals surface area (Å²) in [6.07, 6.45) is 0. The normalized spacial score (nSPS) is 10.9. The van der Waals surface area contributed by atoms with Crippen molar-refractivity contribution in [2.24, 2.45) is 0 Å². The lowest BCUT2D eigenvalue weighted by Crippen LogP contribution is -2.11. The number of amides is 1. The van der Waals surface area contributed by atoms with Crippen LogP contribution in [0.4, 0.5) is 13.9 Å². The van der Waals surface area contributed by atoms with E-state index in [1.807, 2.05) is 12.1 Å². The Morgan fingerprint density at radius 3 is 2.48 bits per heavy atom. The van der Waals surface area contributed by atoms with Gasteiger partial charge in [0.05, 0.1) is 5.69 Å². The van der Waals surface area contributed by atoms with E-state index in [1.165, 1.54) is 23.5 Å². The van der Waals surface area contributed by atoms with Gasteiger partial charge in [0.25, 0.3) is 5.91 Å². The number of hydrogen-bond donors (Lipinski definition) is 1. The van der Waals surface area contributed by atoms with Crippen LogP contribution in [0.1, 0.15) is 35.7 Å². The van der Waals surface area contributed by atoms with Crippen LogP contribution >= 0.6 is 11.3 Å². The fourth-order valence-corrected chi connectivity index (χ4v) is 3.05. The average molecular weight is 358 g/mol. The molecule has 3 aromatic rings. The molecule has 1 heterocycles. The Labute approximate surface area is 148 Å². The molecule has 1 aromatic heterocycles. The number of nitrogens with one attached hydrogen (secondary N) is 1. The molecule has 0 radical (unpaired) electrons. The first-order valence-electron chi connectivity index (χ1n) is 7.76. The maximum atomic E-state index is 13.8. The van der Waals surface area contributed by atoms with Crippen molar-refractivity contribution in [1.29, 1.82) is 0 Å². The average Bonchev–Trinajstić information content (AvgIpc) is 3.03. The van der Waals surface area contributed by atoms with Crippen molar-refractivity contribution in [1.82, 2.24) is 4.98 Å². The first-order chi connectivity index (χ1) is 11.9. The van der Waals surface area contributed by atoms with E-state index in [-0.39, 0.29) is 11.5 Å². The Hall–Kier alpha value is -2.60. The Kier molecular flexibility index (Phi) is 4.90. The van der Waals surface area contributed by atoms with Crippen molar-refractivity contribution in [3.8, 4) is 11.3 Å². The van der Waals surface area contributed by atoms with E-state index in [9.17, 15) is 13.6 Å². The molecule has 0 aliphatic heterocycles. The van der Waals surface area contributed by atoms with Crippen molar-refractivity contribution >= 4 is 22.4 Å². The molecule has 0 bridgehead atoms. The third-order valence-corrected chi connectivity index (χ3v) is 4.53. The summed E-state index contributed by atoms with van der Waals surface area (Å²) in [4.78, 5) is 16.5. The zero-order valence-electron chi connectivity index (χ0n) is 13.7. The monoisotopic (exact) mass is 358 g/mol. The van der Waals surface area contributed by atoms with Crippen LogP contribution < -0.4 is 5.32 Å². The minimum atomic E-state index is -0.688. The highest BCUT2D eigenvalue weighted by Gasteiger charge is 2.13. The van der Waals surface area contributed by atoms with Gasteiger partial charge in [-0.15, -0.1) is 11.3 Å². The number of carbonyl (C=O) groups excluding carboxylic acids is 1. The van der Waals surface area contributed by atoms with E-state index in [0.29, 0.717) is 22.3 Å². The molecule has 0 fully saturated rings. The van der Waals surface area contributed by atoms with Crippen molar-refractivity contribution in [2.75, 3.05) is 5.32 Å². The summed E-state index contributed by atoms with van der Waals surface area (Å²) >= 11 is 1.18. The van der Waals surface area contributed by atoms with Crippen molar-refractivity contribution in [3.63, 3.8) is 0 Å². The van der Waals surface area contributed by atoms with Crippen LogP contribution in [-0.4, -0.2) is 10.9 Å². The van der Waals surface area contributed by atoms with E-state index in [4.69, 9.17) is 0 Å². The molecule has 0 saturated carbocycles. The fraction of sp³-hybridized carbons (Fsp3) is 0.158.